The van der Waals surface area contributed by atoms with E-state index >= 15 is 0 Å². The quantitative estimate of drug-likeness (QED) is 0.249. The van der Waals surface area contributed by atoms with E-state index in [1.54, 1.807) is 18.2 Å². The zero-order valence-electron chi connectivity index (χ0n) is 16.7. The van der Waals surface area contributed by atoms with Gasteiger partial charge in [0, 0.05) is 25.3 Å². The monoisotopic (exact) mass is 417 g/mol. The summed E-state index contributed by atoms with van der Waals surface area (Å²) in [5.41, 5.74) is 3.62. The number of aromatic nitrogens is 1. The maximum atomic E-state index is 11.0. The first-order valence-electron chi connectivity index (χ1n) is 9.53. The number of benzene rings is 3. The number of fused-ring (bicyclic) bond motifs is 1. The van der Waals surface area contributed by atoms with Gasteiger partial charge in [0.05, 0.1) is 34.5 Å². The molecule has 1 aromatic heterocycles. The summed E-state index contributed by atoms with van der Waals surface area (Å²) in [6, 6.07) is 19.1. The largest absolute Gasteiger partial charge is 0.436 e. The van der Waals surface area contributed by atoms with Crippen molar-refractivity contribution in [2.75, 3.05) is 25.1 Å². The second kappa shape index (κ2) is 8.72. The Kier molecular flexibility index (Phi) is 5.67. The third-order valence-electron chi connectivity index (χ3n) is 4.72. The van der Waals surface area contributed by atoms with Crippen molar-refractivity contribution in [1.29, 1.82) is 0 Å². The summed E-state index contributed by atoms with van der Waals surface area (Å²) in [7, 11) is 1.90. The summed E-state index contributed by atoms with van der Waals surface area (Å²) >= 11 is 0. The van der Waals surface area contributed by atoms with Crippen LogP contribution in [0.4, 0.5) is 22.7 Å². The molecule has 0 saturated heterocycles. The number of hydrogen-bond acceptors (Lipinski definition) is 8. The highest BCUT2D eigenvalue weighted by Crippen LogP contribution is 2.34. The molecule has 0 radical (unpaired) electrons. The molecule has 0 aliphatic carbocycles. The number of non-ortho nitro benzene ring substituents is 1. The van der Waals surface area contributed by atoms with Crippen LogP contribution in [0.15, 0.2) is 81.4 Å². The Morgan fingerprint density at radius 3 is 2.61 bits per heavy atom. The van der Waals surface area contributed by atoms with E-state index in [2.05, 4.69) is 15.2 Å². The fourth-order valence-corrected chi connectivity index (χ4v) is 3.05. The van der Waals surface area contributed by atoms with Gasteiger partial charge in [-0.2, -0.15) is 5.11 Å². The van der Waals surface area contributed by atoms with Crippen molar-refractivity contribution in [2.45, 2.75) is 0 Å². The average Bonchev–Trinajstić information content (AvgIpc) is 3.21. The number of likely N-dealkylation sites (N-methyl/N-ethyl adjacent to an activating group) is 1. The Labute approximate surface area is 177 Å². The Morgan fingerprint density at radius 2 is 1.87 bits per heavy atom. The van der Waals surface area contributed by atoms with E-state index in [1.807, 2.05) is 48.3 Å². The summed E-state index contributed by atoms with van der Waals surface area (Å²) in [5, 5.41) is 28.7. The van der Waals surface area contributed by atoms with E-state index in [1.165, 1.54) is 12.1 Å². The Morgan fingerprint density at radius 1 is 1.10 bits per heavy atom. The minimum Gasteiger partial charge on any atom is -0.436 e. The SMILES string of the molecule is CN(CCO)c1ccc(N=Nc2ccccc2-c2nc3ccc([N+](=O)[O-])cc3o2)cc1. The Hall–Kier alpha value is -4.11. The Balaban J connectivity index is 1.62. The molecular weight excluding hydrogens is 398 g/mol. The molecule has 0 saturated carbocycles. The molecule has 0 aliphatic rings. The van der Waals surface area contributed by atoms with Gasteiger partial charge in [-0.1, -0.05) is 12.1 Å². The number of anilines is 1. The van der Waals surface area contributed by atoms with Crippen molar-refractivity contribution >= 4 is 33.8 Å². The predicted octanol–water partition coefficient (Wildman–Crippen LogP) is 5.25. The van der Waals surface area contributed by atoms with Gasteiger partial charge in [0.25, 0.3) is 5.69 Å². The van der Waals surface area contributed by atoms with Gasteiger partial charge in [-0.3, -0.25) is 10.1 Å². The maximum Gasteiger partial charge on any atom is 0.273 e. The van der Waals surface area contributed by atoms with Crippen LogP contribution in [0.25, 0.3) is 22.6 Å². The van der Waals surface area contributed by atoms with Crippen LogP contribution in [0.3, 0.4) is 0 Å². The van der Waals surface area contributed by atoms with Gasteiger partial charge in [0.1, 0.15) is 5.52 Å². The molecule has 0 bridgehead atoms. The molecule has 0 unspecified atom stereocenters. The number of azo groups is 1. The number of nitro benzene ring substituents is 1. The predicted molar refractivity (Wildman–Crippen MR) is 117 cm³/mol. The van der Waals surface area contributed by atoms with Crippen molar-refractivity contribution in [3.05, 3.63) is 76.8 Å². The third kappa shape index (κ3) is 4.41. The van der Waals surface area contributed by atoms with Crippen molar-refractivity contribution in [3.63, 3.8) is 0 Å². The van der Waals surface area contributed by atoms with Crippen molar-refractivity contribution < 1.29 is 14.4 Å². The molecule has 4 aromatic rings. The Bertz CT molecular complexity index is 1250. The molecule has 9 heteroatoms. The summed E-state index contributed by atoms with van der Waals surface area (Å²) in [6.45, 7) is 0.625. The van der Waals surface area contributed by atoms with Gasteiger partial charge < -0.3 is 14.4 Å². The van der Waals surface area contributed by atoms with Crippen LogP contribution in [-0.2, 0) is 0 Å². The highest BCUT2D eigenvalue weighted by molar-refractivity contribution is 5.80. The van der Waals surface area contributed by atoms with E-state index in [0.29, 0.717) is 40.5 Å². The molecule has 4 rings (SSSR count). The average molecular weight is 417 g/mol. The highest BCUT2D eigenvalue weighted by Gasteiger charge is 2.15. The second-order valence-electron chi connectivity index (χ2n) is 6.81. The van der Waals surface area contributed by atoms with E-state index in [-0.39, 0.29) is 12.3 Å². The molecule has 0 spiro atoms. The standard InChI is InChI=1S/C22H19N5O4/c1-26(12-13-28)16-8-6-15(7-9-16)24-25-19-5-3-2-4-18(19)22-23-20-11-10-17(27(29)30)14-21(20)31-22/h2-11,14,28H,12-13H2,1H3. The fraction of sp³-hybridized carbons (Fsp3) is 0.136. The zero-order valence-corrected chi connectivity index (χ0v) is 16.7. The van der Waals surface area contributed by atoms with E-state index in [0.717, 1.165) is 5.69 Å². The lowest BCUT2D eigenvalue weighted by Gasteiger charge is -2.17. The topological polar surface area (TPSA) is 117 Å². The van der Waals surface area contributed by atoms with E-state index < -0.39 is 4.92 Å². The number of aliphatic hydroxyl groups excluding tert-OH is 1. The summed E-state index contributed by atoms with van der Waals surface area (Å²) < 4.78 is 5.76. The van der Waals surface area contributed by atoms with E-state index in [4.69, 9.17) is 9.52 Å². The number of hydrogen-bond donors (Lipinski definition) is 1. The summed E-state index contributed by atoms with van der Waals surface area (Å²) in [6.07, 6.45) is 0. The maximum absolute atomic E-state index is 11.0. The lowest BCUT2D eigenvalue weighted by molar-refractivity contribution is -0.384. The lowest BCUT2D eigenvalue weighted by Crippen LogP contribution is -2.20. The normalized spacial score (nSPS) is 11.3. The molecule has 1 N–H and O–H groups in total. The smallest absolute Gasteiger partial charge is 0.273 e. The van der Waals surface area contributed by atoms with Crippen molar-refractivity contribution in [1.82, 2.24) is 4.98 Å². The molecule has 0 amide bonds. The molecule has 1 heterocycles. The van der Waals surface area contributed by atoms with Gasteiger partial charge in [0.2, 0.25) is 5.89 Å². The number of oxazole rings is 1. The zero-order chi connectivity index (χ0) is 21.8. The first-order valence-corrected chi connectivity index (χ1v) is 9.53. The number of nitro groups is 1. The molecule has 0 aliphatic heterocycles. The van der Waals surface area contributed by atoms with Gasteiger partial charge in [-0.05, 0) is 42.5 Å². The van der Waals surface area contributed by atoms with Crippen molar-refractivity contribution in [3.8, 4) is 11.5 Å². The van der Waals surface area contributed by atoms with Crippen LogP contribution in [0.1, 0.15) is 0 Å². The van der Waals surface area contributed by atoms with Crippen LogP contribution in [0, 0.1) is 10.1 Å². The second-order valence-corrected chi connectivity index (χ2v) is 6.81. The van der Waals surface area contributed by atoms with Gasteiger partial charge in [-0.25, -0.2) is 4.98 Å². The van der Waals surface area contributed by atoms with Crippen molar-refractivity contribution in [2.24, 2.45) is 10.2 Å². The first kappa shape index (κ1) is 20.2. The van der Waals surface area contributed by atoms with Gasteiger partial charge in [-0.15, -0.1) is 5.11 Å². The molecule has 31 heavy (non-hydrogen) atoms. The van der Waals surface area contributed by atoms with Gasteiger partial charge in [0.15, 0.2) is 5.58 Å². The molecule has 9 nitrogen and oxygen atoms in total. The minimum absolute atomic E-state index is 0.0590. The highest BCUT2D eigenvalue weighted by atomic mass is 16.6. The van der Waals surface area contributed by atoms with Crippen LogP contribution < -0.4 is 4.90 Å². The van der Waals surface area contributed by atoms with E-state index in [9.17, 15) is 10.1 Å². The molecule has 0 atom stereocenters. The van der Waals surface area contributed by atoms with Gasteiger partial charge >= 0.3 is 0 Å². The molecule has 0 fully saturated rings. The lowest BCUT2D eigenvalue weighted by atomic mass is 10.2. The van der Waals surface area contributed by atoms with Crippen LogP contribution >= 0.6 is 0 Å². The first-order chi connectivity index (χ1) is 15.0. The number of aliphatic hydroxyl groups is 1. The van der Waals surface area contributed by atoms with Crippen LogP contribution in [0.2, 0.25) is 0 Å². The third-order valence-corrected chi connectivity index (χ3v) is 4.72. The van der Waals surface area contributed by atoms with Crippen LogP contribution in [-0.4, -0.2) is 35.2 Å². The molecular formula is C22H19N5O4. The summed E-state index contributed by atoms with van der Waals surface area (Å²) in [5.74, 6) is 0.311. The molecule has 3 aromatic carbocycles. The fourth-order valence-electron chi connectivity index (χ4n) is 3.05. The molecule has 156 valence electrons. The minimum atomic E-state index is -0.476. The summed E-state index contributed by atoms with van der Waals surface area (Å²) in [4.78, 5) is 16.9. The number of nitrogens with zero attached hydrogens (tertiary/aromatic N) is 5. The van der Waals surface area contributed by atoms with Crippen LogP contribution in [0.5, 0.6) is 0 Å². The number of rotatable bonds is 7.